The lowest BCUT2D eigenvalue weighted by atomic mass is 10.4. The smallest absolute Gasteiger partial charge is 0.372 e. The van der Waals surface area contributed by atoms with Gasteiger partial charge in [-0.2, -0.15) is 18.3 Å². The second-order valence-corrected chi connectivity index (χ2v) is 3.54. The van der Waals surface area contributed by atoms with Crippen molar-refractivity contribution in [2.24, 2.45) is 0 Å². The average molecular weight is 257 g/mol. The summed E-state index contributed by atoms with van der Waals surface area (Å²) in [4.78, 5) is 8.06. The van der Waals surface area contributed by atoms with Crippen molar-refractivity contribution in [1.29, 1.82) is 0 Å². The number of hydrogen-bond donors (Lipinski definition) is 1. The normalized spacial score (nSPS) is 11.6. The van der Waals surface area contributed by atoms with E-state index in [-0.39, 0.29) is 6.54 Å². The molecule has 18 heavy (non-hydrogen) atoms. The molecule has 0 aliphatic carbocycles. The molecule has 0 saturated carbocycles. The minimum Gasteiger partial charge on any atom is -0.372 e. The van der Waals surface area contributed by atoms with Gasteiger partial charge in [0, 0.05) is 13.2 Å². The van der Waals surface area contributed by atoms with Gasteiger partial charge in [0.25, 0.3) is 0 Å². The summed E-state index contributed by atoms with van der Waals surface area (Å²) in [5.74, 6) is 0.593. The van der Waals surface area contributed by atoms with Crippen LogP contribution in [0.1, 0.15) is 11.4 Å². The van der Waals surface area contributed by atoms with Crippen LogP contribution < -0.4 is 5.32 Å². The van der Waals surface area contributed by atoms with E-state index in [1.807, 2.05) is 0 Å². The van der Waals surface area contributed by atoms with Gasteiger partial charge in [0.2, 0.25) is 0 Å². The molecule has 0 atom stereocenters. The van der Waals surface area contributed by atoms with Crippen LogP contribution in [0.25, 0.3) is 0 Å². The highest BCUT2D eigenvalue weighted by Crippen LogP contribution is 2.27. The molecule has 2 rings (SSSR count). The van der Waals surface area contributed by atoms with Crippen molar-refractivity contribution in [2.75, 3.05) is 12.4 Å². The summed E-state index contributed by atoms with van der Waals surface area (Å²) in [6.07, 6.45) is -0.173. The lowest BCUT2D eigenvalue weighted by Gasteiger charge is -2.03. The molecular formula is C10H10F3N5. The molecule has 0 aliphatic rings. The van der Waals surface area contributed by atoms with E-state index in [1.165, 1.54) is 23.3 Å². The first-order valence-corrected chi connectivity index (χ1v) is 5.08. The predicted octanol–water partition coefficient (Wildman–Crippen LogP) is 1.78. The van der Waals surface area contributed by atoms with Gasteiger partial charge in [0.1, 0.15) is 5.82 Å². The first-order chi connectivity index (χ1) is 8.49. The Bertz CT molecular complexity index is 517. The molecular weight excluding hydrogens is 247 g/mol. The van der Waals surface area contributed by atoms with Crippen molar-refractivity contribution in [2.45, 2.75) is 12.7 Å². The van der Waals surface area contributed by atoms with Gasteiger partial charge in [-0.05, 0) is 6.07 Å². The van der Waals surface area contributed by atoms with Gasteiger partial charge in [0.05, 0.1) is 24.6 Å². The highest BCUT2D eigenvalue weighted by molar-refractivity contribution is 5.29. The van der Waals surface area contributed by atoms with Crippen molar-refractivity contribution in [3.05, 3.63) is 36.0 Å². The Morgan fingerprint density at radius 1 is 1.28 bits per heavy atom. The molecule has 0 radical (unpaired) electrons. The molecule has 2 aromatic heterocycles. The molecule has 1 N–H and O–H groups in total. The van der Waals surface area contributed by atoms with Gasteiger partial charge < -0.3 is 5.32 Å². The molecule has 5 nitrogen and oxygen atoms in total. The maximum absolute atomic E-state index is 12.3. The number of alkyl halides is 3. The van der Waals surface area contributed by atoms with Crippen molar-refractivity contribution >= 4 is 5.82 Å². The predicted molar refractivity (Wildman–Crippen MR) is 57.9 cm³/mol. The Balaban J connectivity index is 2.11. The SMILES string of the molecule is CNc1cnc(Cn2ccc(C(F)(F)F)n2)cn1. The van der Waals surface area contributed by atoms with Crippen molar-refractivity contribution < 1.29 is 13.2 Å². The maximum atomic E-state index is 12.3. The topological polar surface area (TPSA) is 55.6 Å². The highest BCUT2D eigenvalue weighted by atomic mass is 19.4. The van der Waals surface area contributed by atoms with Crippen LogP contribution in [-0.4, -0.2) is 26.8 Å². The summed E-state index contributed by atoms with van der Waals surface area (Å²) in [7, 11) is 1.70. The standard InChI is InChI=1S/C10H10F3N5/c1-14-9-5-15-7(4-16-9)6-18-3-2-8(17-18)10(11,12)13/h2-5H,6H2,1H3,(H,14,16). The second kappa shape index (κ2) is 4.63. The number of nitrogens with one attached hydrogen (secondary N) is 1. The fourth-order valence-corrected chi connectivity index (χ4v) is 1.33. The molecule has 2 heterocycles. The zero-order valence-electron chi connectivity index (χ0n) is 9.44. The van der Waals surface area contributed by atoms with E-state index in [0.717, 1.165) is 6.07 Å². The Labute approximate surface area is 101 Å². The third-order valence-electron chi connectivity index (χ3n) is 2.22. The Morgan fingerprint density at radius 3 is 2.56 bits per heavy atom. The molecule has 2 aromatic rings. The van der Waals surface area contributed by atoms with Crippen LogP contribution in [0.4, 0.5) is 19.0 Å². The van der Waals surface area contributed by atoms with Gasteiger partial charge >= 0.3 is 6.18 Å². The van der Waals surface area contributed by atoms with Crippen LogP contribution in [0.5, 0.6) is 0 Å². The third-order valence-corrected chi connectivity index (χ3v) is 2.22. The fraction of sp³-hybridized carbons (Fsp3) is 0.300. The zero-order valence-corrected chi connectivity index (χ0v) is 9.44. The zero-order chi connectivity index (χ0) is 13.2. The Hall–Kier alpha value is -2.12. The summed E-state index contributed by atoms with van der Waals surface area (Å²) in [6, 6.07) is 0.926. The van der Waals surface area contributed by atoms with Gasteiger partial charge in [-0.25, -0.2) is 4.98 Å². The lowest BCUT2D eigenvalue weighted by molar-refractivity contribution is -0.141. The van der Waals surface area contributed by atoms with Gasteiger partial charge in [-0.1, -0.05) is 0 Å². The number of halogens is 3. The molecule has 0 amide bonds. The average Bonchev–Trinajstić information content (AvgIpc) is 2.78. The summed E-state index contributed by atoms with van der Waals surface area (Å²) in [5, 5.41) is 6.22. The van der Waals surface area contributed by atoms with Gasteiger partial charge in [-0.15, -0.1) is 0 Å². The quantitative estimate of drug-likeness (QED) is 0.910. The van der Waals surface area contributed by atoms with Crippen LogP contribution in [0.3, 0.4) is 0 Å². The summed E-state index contributed by atoms with van der Waals surface area (Å²) < 4.78 is 38.2. The van der Waals surface area contributed by atoms with Crippen LogP contribution >= 0.6 is 0 Å². The second-order valence-electron chi connectivity index (χ2n) is 3.54. The number of rotatable bonds is 3. The lowest BCUT2D eigenvalue weighted by Crippen LogP contribution is -2.09. The van der Waals surface area contributed by atoms with Gasteiger partial charge in [-0.3, -0.25) is 9.67 Å². The van der Waals surface area contributed by atoms with E-state index in [2.05, 4.69) is 20.4 Å². The highest BCUT2D eigenvalue weighted by Gasteiger charge is 2.33. The molecule has 0 unspecified atom stereocenters. The number of hydrogen-bond acceptors (Lipinski definition) is 4. The first kappa shape index (κ1) is 12.3. The van der Waals surface area contributed by atoms with E-state index in [9.17, 15) is 13.2 Å². The van der Waals surface area contributed by atoms with Crippen molar-refractivity contribution in [3.63, 3.8) is 0 Å². The number of aromatic nitrogens is 4. The number of anilines is 1. The van der Waals surface area contributed by atoms with Crippen LogP contribution in [0, 0.1) is 0 Å². The van der Waals surface area contributed by atoms with Gasteiger partial charge in [0.15, 0.2) is 5.69 Å². The number of nitrogens with zero attached hydrogens (tertiary/aromatic N) is 4. The fourth-order valence-electron chi connectivity index (χ4n) is 1.33. The molecule has 0 saturated heterocycles. The molecule has 96 valence electrons. The van der Waals surface area contributed by atoms with Crippen LogP contribution in [0.2, 0.25) is 0 Å². The largest absolute Gasteiger partial charge is 0.435 e. The Morgan fingerprint density at radius 2 is 2.06 bits per heavy atom. The van der Waals surface area contributed by atoms with Crippen molar-refractivity contribution in [3.8, 4) is 0 Å². The molecule has 0 aliphatic heterocycles. The molecule has 0 fully saturated rings. The molecule has 0 bridgehead atoms. The van der Waals surface area contributed by atoms with Crippen LogP contribution in [-0.2, 0) is 12.7 Å². The minimum absolute atomic E-state index is 0.146. The van der Waals surface area contributed by atoms with E-state index in [0.29, 0.717) is 11.5 Å². The minimum atomic E-state index is -4.42. The van der Waals surface area contributed by atoms with E-state index in [1.54, 1.807) is 7.05 Å². The van der Waals surface area contributed by atoms with E-state index >= 15 is 0 Å². The first-order valence-electron chi connectivity index (χ1n) is 5.08. The summed E-state index contributed by atoms with van der Waals surface area (Å²) >= 11 is 0. The molecule has 0 aromatic carbocycles. The van der Waals surface area contributed by atoms with E-state index < -0.39 is 11.9 Å². The Kier molecular flexibility index (Phi) is 3.17. The summed E-state index contributed by atoms with van der Waals surface area (Å²) in [6.45, 7) is 0.146. The van der Waals surface area contributed by atoms with Crippen LogP contribution in [0.15, 0.2) is 24.7 Å². The summed E-state index contributed by atoms with van der Waals surface area (Å²) in [5.41, 5.74) is -0.381. The monoisotopic (exact) mass is 257 g/mol. The van der Waals surface area contributed by atoms with E-state index in [4.69, 9.17) is 0 Å². The molecule has 0 spiro atoms. The van der Waals surface area contributed by atoms with Crippen molar-refractivity contribution in [1.82, 2.24) is 19.7 Å². The maximum Gasteiger partial charge on any atom is 0.435 e. The third kappa shape index (κ3) is 2.76. The molecule has 8 heteroatoms.